The van der Waals surface area contributed by atoms with Gasteiger partial charge in [-0.25, -0.2) is 4.39 Å². The molecule has 3 aromatic rings. The second kappa shape index (κ2) is 7.66. The molecule has 0 saturated heterocycles. The summed E-state index contributed by atoms with van der Waals surface area (Å²) in [6.45, 7) is 0.303. The smallest absolute Gasteiger partial charge is 0.161 e. The summed E-state index contributed by atoms with van der Waals surface area (Å²) < 4.78 is 29.4. The van der Waals surface area contributed by atoms with E-state index in [0.29, 0.717) is 23.9 Å². The molecule has 0 spiro atoms. The van der Waals surface area contributed by atoms with E-state index < -0.39 is 0 Å². The van der Waals surface area contributed by atoms with Gasteiger partial charge in [-0.15, -0.1) is 0 Å². The summed E-state index contributed by atoms with van der Waals surface area (Å²) in [6.07, 6.45) is 3.50. The Kier molecular flexibility index (Phi) is 5.14. The van der Waals surface area contributed by atoms with Crippen molar-refractivity contribution in [2.45, 2.75) is 6.61 Å². The Morgan fingerprint density at radius 3 is 2.48 bits per heavy atom. The summed E-state index contributed by atoms with van der Waals surface area (Å²) in [7, 11) is 3.20. The zero-order valence-corrected chi connectivity index (χ0v) is 14.0. The first-order valence-corrected chi connectivity index (χ1v) is 7.74. The Balaban J connectivity index is 1.79. The first-order chi connectivity index (χ1) is 12.2. The van der Waals surface area contributed by atoms with Crippen LogP contribution < -0.4 is 14.2 Å². The fourth-order valence-corrected chi connectivity index (χ4v) is 2.46. The maximum atomic E-state index is 13.2. The molecule has 1 heterocycles. The number of benzene rings is 2. The maximum Gasteiger partial charge on any atom is 0.161 e. The monoisotopic (exact) mass is 339 g/mol. The Labute approximate surface area is 145 Å². The van der Waals surface area contributed by atoms with Crippen molar-refractivity contribution in [3.05, 3.63) is 72.3 Å². The van der Waals surface area contributed by atoms with Crippen LogP contribution in [0.5, 0.6) is 17.2 Å². The Bertz CT molecular complexity index is 867. The molecule has 2 aromatic carbocycles. The van der Waals surface area contributed by atoms with E-state index in [1.54, 1.807) is 38.7 Å². The highest BCUT2D eigenvalue weighted by Crippen LogP contribution is 2.32. The molecule has 0 aliphatic carbocycles. The van der Waals surface area contributed by atoms with Crippen LogP contribution in [0.2, 0.25) is 0 Å². The first kappa shape index (κ1) is 16.8. The van der Waals surface area contributed by atoms with Crippen molar-refractivity contribution in [2.24, 2.45) is 0 Å². The molecular weight excluding hydrogens is 321 g/mol. The number of ether oxygens (including phenoxy) is 3. The zero-order chi connectivity index (χ0) is 17.6. The molecular formula is C20H18FNO3. The number of nitrogens with zero attached hydrogens (tertiary/aromatic N) is 1. The van der Waals surface area contributed by atoms with Crippen molar-refractivity contribution in [3.63, 3.8) is 0 Å². The zero-order valence-electron chi connectivity index (χ0n) is 14.0. The fourth-order valence-electron chi connectivity index (χ4n) is 2.46. The molecule has 128 valence electrons. The van der Waals surface area contributed by atoms with E-state index in [9.17, 15) is 4.39 Å². The Hall–Kier alpha value is -3.08. The largest absolute Gasteiger partial charge is 0.493 e. The van der Waals surface area contributed by atoms with E-state index in [4.69, 9.17) is 14.2 Å². The molecule has 0 amide bonds. The van der Waals surface area contributed by atoms with Crippen LogP contribution >= 0.6 is 0 Å². The van der Waals surface area contributed by atoms with Gasteiger partial charge in [0.2, 0.25) is 0 Å². The fraction of sp³-hybridized carbons (Fsp3) is 0.150. The average molecular weight is 339 g/mol. The van der Waals surface area contributed by atoms with Crippen LogP contribution in [0.15, 0.2) is 60.9 Å². The summed E-state index contributed by atoms with van der Waals surface area (Å²) in [4.78, 5) is 4.26. The number of rotatable bonds is 6. The predicted molar refractivity (Wildman–Crippen MR) is 93.5 cm³/mol. The molecule has 25 heavy (non-hydrogen) atoms. The minimum absolute atomic E-state index is 0.303. The number of halogens is 1. The lowest BCUT2D eigenvalue weighted by molar-refractivity contribution is 0.304. The van der Waals surface area contributed by atoms with Crippen molar-refractivity contribution in [2.75, 3.05) is 14.2 Å². The van der Waals surface area contributed by atoms with E-state index in [1.165, 1.54) is 12.1 Å². The lowest BCUT2D eigenvalue weighted by Crippen LogP contribution is -1.97. The SMILES string of the molecule is COc1ccc(-c2cncc(COc3cccc(F)c3)c2)cc1OC. The normalized spacial score (nSPS) is 10.4. The van der Waals surface area contributed by atoms with Gasteiger partial charge in [0.25, 0.3) is 0 Å². The van der Waals surface area contributed by atoms with E-state index >= 15 is 0 Å². The van der Waals surface area contributed by atoms with Crippen LogP contribution in [0.1, 0.15) is 5.56 Å². The van der Waals surface area contributed by atoms with Gasteiger partial charge >= 0.3 is 0 Å². The number of hydrogen-bond acceptors (Lipinski definition) is 4. The minimum atomic E-state index is -0.324. The summed E-state index contributed by atoms with van der Waals surface area (Å²) in [6, 6.07) is 13.7. The van der Waals surface area contributed by atoms with Gasteiger partial charge < -0.3 is 14.2 Å². The maximum absolute atomic E-state index is 13.2. The summed E-state index contributed by atoms with van der Waals surface area (Å²) in [5.41, 5.74) is 2.77. The van der Waals surface area contributed by atoms with E-state index in [1.807, 2.05) is 24.3 Å². The lowest BCUT2D eigenvalue weighted by Gasteiger charge is -2.11. The van der Waals surface area contributed by atoms with Crippen molar-refractivity contribution >= 4 is 0 Å². The average Bonchev–Trinajstić information content (AvgIpc) is 2.66. The molecule has 0 N–H and O–H groups in total. The topological polar surface area (TPSA) is 40.6 Å². The Morgan fingerprint density at radius 2 is 1.72 bits per heavy atom. The molecule has 0 fully saturated rings. The van der Waals surface area contributed by atoms with Gasteiger partial charge in [-0.2, -0.15) is 0 Å². The van der Waals surface area contributed by atoms with Crippen molar-refractivity contribution < 1.29 is 18.6 Å². The third-order valence-electron chi connectivity index (χ3n) is 3.71. The number of aromatic nitrogens is 1. The highest BCUT2D eigenvalue weighted by molar-refractivity contribution is 5.67. The molecule has 0 saturated carbocycles. The van der Waals surface area contributed by atoms with Crippen molar-refractivity contribution in [1.82, 2.24) is 4.98 Å². The minimum Gasteiger partial charge on any atom is -0.493 e. The highest BCUT2D eigenvalue weighted by atomic mass is 19.1. The van der Waals surface area contributed by atoms with Gasteiger partial charge in [-0.1, -0.05) is 12.1 Å². The van der Waals surface area contributed by atoms with Crippen molar-refractivity contribution in [3.8, 4) is 28.4 Å². The lowest BCUT2D eigenvalue weighted by atomic mass is 10.1. The van der Waals surface area contributed by atoms with E-state index in [2.05, 4.69) is 4.98 Å². The molecule has 0 bridgehead atoms. The molecule has 0 radical (unpaired) electrons. The van der Waals surface area contributed by atoms with Gasteiger partial charge in [-0.3, -0.25) is 4.98 Å². The molecule has 0 aliphatic heterocycles. The van der Waals surface area contributed by atoms with Crippen LogP contribution in [0, 0.1) is 5.82 Å². The second-order valence-corrected chi connectivity index (χ2v) is 5.40. The van der Waals surface area contributed by atoms with Gasteiger partial charge in [0.15, 0.2) is 11.5 Å². The van der Waals surface area contributed by atoms with E-state index in [-0.39, 0.29) is 5.82 Å². The summed E-state index contributed by atoms with van der Waals surface area (Å²) in [5.74, 6) is 1.48. The summed E-state index contributed by atoms with van der Waals surface area (Å²) >= 11 is 0. The van der Waals surface area contributed by atoms with Gasteiger partial charge in [-0.05, 0) is 35.9 Å². The van der Waals surface area contributed by atoms with E-state index in [0.717, 1.165) is 16.7 Å². The third-order valence-corrected chi connectivity index (χ3v) is 3.71. The van der Waals surface area contributed by atoms with Crippen LogP contribution in [0.4, 0.5) is 4.39 Å². The van der Waals surface area contributed by atoms with Gasteiger partial charge in [0, 0.05) is 29.6 Å². The number of pyridine rings is 1. The molecule has 4 nitrogen and oxygen atoms in total. The highest BCUT2D eigenvalue weighted by Gasteiger charge is 2.07. The standard InChI is InChI=1S/C20H18FNO3/c1-23-19-7-6-15(9-20(19)24-2)16-8-14(11-22-12-16)13-25-18-5-3-4-17(21)10-18/h3-12H,13H2,1-2H3. The Morgan fingerprint density at radius 1 is 0.880 bits per heavy atom. The van der Waals surface area contributed by atoms with Crippen molar-refractivity contribution in [1.29, 1.82) is 0 Å². The molecule has 5 heteroatoms. The van der Waals surface area contributed by atoms with Crippen LogP contribution in [0.25, 0.3) is 11.1 Å². The molecule has 0 aliphatic rings. The predicted octanol–water partition coefficient (Wildman–Crippen LogP) is 4.48. The number of hydrogen-bond donors (Lipinski definition) is 0. The molecule has 0 atom stereocenters. The van der Waals surface area contributed by atoms with Crippen LogP contribution in [0.3, 0.4) is 0 Å². The second-order valence-electron chi connectivity index (χ2n) is 5.40. The molecule has 1 aromatic heterocycles. The van der Waals surface area contributed by atoms with Gasteiger partial charge in [0.1, 0.15) is 18.2 Å². The molecule has 3 rings (SSSR count). The number of methoxy groups -OCH3 is 2. The van der Waals surface area contributed by atoms with Gasteiger partial charge in [0.05, 0.1) is 14.2 Å². The van der Waals surface area contributed by atoms with Crippen LogP contribution in [-0.2, 0) is 6.61 Å². The quantitative estimate of drug-likeness (QED) is 0.664. The summed E-state index contributed by atoms with van der Waals surface area (Å²) in [5, 5.41) is 0. The third kappa shape index (κ3) is 4.07. The first-order valence-electron chi connectivity index (χ1n) is 7.74. The van der Waals surface area contributed by atoms with Crippen LogP contribution in [-0.4, -0.2) is 19.2 Å². The molecule has 0 unspecified atom stereocenters.